The molecule has 3 atom stereocenters. The van der Waals surface area contributed by atoms with Crippen LogP contribution in [0.2, 0.25) is 0 Å². The van der Waals surface area contributed by atoms with E-state index in [1.54, 1.807) is 0 Å². The van der Waals surface area contributed by atoms with Crippen LogP contribution in [0.1, 0.15) is 50.3 Å². The Balaban J connectivity index is 1.83. The molecule has 3 rings (SSSR count). The number of aliphatic hydroxyl groups is 1. The van der Waals surface area contributed by atoms with Gasteiger partial charge < -0.3 is 15.3 Å². The molecule has 3 unspecified atom stereocenters. The summed E-state index contributed by atoms with van der Waals surface area (Å²) in [6.45, 7) is 5.93. The molecule has 0 aromatic heterocycles. The summed E-state index contributed by atoms with van der Waals surface area (Å²) in [7, 11) is 0. The lowest BCUT2D eigenvalue weighted by molar-refractivity contribution is -0.118. The Kier molecular flexibility index (Phi) is 4.50. The molecule has 2 aliphatic heterocycles. The predicted octanol–water partition coefficient (Wildman–Crippen LogP) is 2.41. The first-order valence-corrected chi connectivity index (χ1v) is 8.45. The highest BCUT2D eigenvalue weighted by molar-refractivity contribution is 5.96. The van der Waals surface area contributed by atoms with Gasteiger partial charge in [-0.2, -0.15) is 0 Å². The van der Waals surface area contributed by atoms with Gasteiger partial charge in [0, 0.05) is 30.6 Å². The summed E-state index contributed by atoms with van der Waals surface area (Å²) in [5, 5.41) is 14.0. The average molecular weight is 302 g/mol. The number of carbonyl (C=O) groups excluding carboxylic acids is 1. The first-order chi connectivity index (χ1) is 10.6. The summed E-state index contributed by atoms with van der Waals surface area (Å²) in [4.78, 5) is 14.0. The van der Waals surface area contributed by atoms with E-state index >= 15 is 0 Å². The molecule has 0 bridgehead atoms. The number of carbonyl (C=O) groups is 1. The van der Waals surface area contributed by atoms with Crippen molar-refractivity contribution in [3.8, 4) is 0 Å². The molecule has 1 amide bonds. The van der Waals surface area contributed by atoms with E-state index in [1.807, 2.05) is 24.0 Å². The van der Waals surface area contributed by atoms with Gasteiger partial charge in [-0.1, -0.05) is 19.1 Å². The van der Waals surface area contributed by atoms with E-state index in [1.165, 1.54) is 5.56 Å². The number of fused-ring (bicyclic) bond motifs is 1. The number of amides is 1. The van der Waals surface area contributed by atoms with Crippen molar-refractivity contribution in [1.82, 2.24) is 5.32 Å². The summed E-state index contributed by atoms with van der Waals surface area (Å²) in [5.41, 5.74) is 3.21. The molecule has 1 fully saturated rings. The van der Waals surface area contributed by atoms with Crippen LogP contribution in [-0.2, 0) is 11.2 Å². The molecule has 1 aromatic carbocycles. The summed E-state index contributed by atoms with van der Waals surface area (Å²) in [6, 6.07) is 6.33. The van der Waals surface area contributed by atoms with Crippen LogP contribution in [0.15, 0.2) is 18.2 Å². The molecular weight excluding hydrogens is 276 g/mol. The quantitative estimate of drug-likeness (QED) is 0.901. The molecule has 0 radical (unpaired) electrons. The van der Waals surface area contributed by atoms with Crippen LogP contribution in [0.3, 0.4) is 0 Å². The molecule has 0 saturated carbocycles. The third-order valence-electron chi connectivity index (χ3n) is 5.01. The maximum atomic E-state index is 12.1. The first kappa shape index (κ1) is 15.5. The van der Waals surface area contributed by atoms with Crippen LogP contribution in [0, 0.1) is 5.92 Å². The zero-order valence-corrected chi connectivity index (χ0v) is 13.5. The lowest BCUT2D eigenvalue weighted by atomic mass is 9.88. The minimum absolute atomic E-state index is 0.177. The number of rotatable bonds is 3. The molecule has 1 aromatic rings. The van der Waals surface area contributed by atoms with Gasteiger partial charge in [0.2, 0.25) is 5.91 Å². The molecule has 4 nitrogen and oxygen atoms in total. The van der Waals surface area contributed by atoms with E-state index in [0.717, 1.165) is 43.6 Å². The Morgan fingerprint density at radius 2 is 2.32 bits per heavy atom. The van der Waals surface area contributed by atoms with Gasteiger partial charge in [-0.05, 0) is 49.9 Å². The normalized spacial score (nSPS) is 25.9. The number of nitrogens with one attached hydrogen (secondary N) is 1. The van der Waals surface area contributed by atoms with E-state index < -0.39 is 6.10 Å². The topological polar surface area (TPSA) is 52.6 Å². The number of hydrogen-bond acceptors (Lipinski definition) is 3. The average Bonchev–Trinajstić information content (AvgIpc) is 2.89. The predicted molar refractivity (Wildman–Crippen MR) is 87.9 cm³/mol. The molecule has 2 N–H and O–H groups in total. The standard InChI is InChI=1S/C18H26N2O2/c1-3-17(21)20-12(2)9-15-10-13(6-7-16(15)20)18(22)14-5-4-8-19-11-14/h6-7,10,12,14,18-19,22H,3-5,8-9,11H2,1-2H3. The summed E-state index contributed by atoms with van der Waals surface area (Å²) >= 11 is 0. The van der Waals surface area contributed by atoms with Crippen molar-refractivity contribution in [1.29, 1.82) is 0 Å². The molecular formula is C18H26N2O2. The van der Waals surface area contributed by atoms with Crippen molar-refractivity contribution in [2.45, 2.75) is 51.7 Å². The number of benzene rings is 1. The Bertz CT molecular complexity index is 552. The highest BCUT2D eigenvalue weighted by Crippen LogP contribution is 2.36. The largest absolute Gasteiger partial charge is 0.388 e. The van der Waals surface area contributed by atoms with Crippen molar-refractivity contribution in [2.75, 3.05) is 18.0 Å². The van der Waals surface area contributed by atoms with E-state index in [0.29, 0.717) is 12.3 Å². The van der Waals surface area contributed by atoms with E-state index in [2.05, 4.69) is 18.3 Å². The van der Waals surface area contributed by atoms with E-state index in [-0.39, 0.29) is 11.9 Å². The Labute approximate surface area is 132 Å². The van der Waals surface area contributed by atoms with Crippen LogP contribution in [-0.4, -0.2) is 30.1 Å². The summed E-state index contributed by atoms with van der Waals surface area (Å²) in [6.07, 6.45) is 3.20. The van der Waals surface area contributed by atoms with Gasteiger partial charge in [0.15, 0.2) is 0 Å². The maximum Gasteiger partial charge on any atom is 0.226 e. The number of anilines is 1. The van der Waals surface area contributed by atoms with Gasteiger partial charge in [-0.25, -0.2) is 0 Å². The van der Waals surface area contributed by atoms with Crippen molar-refractivity contribution in [2.24, 2.45) is 5.92 Å². The zero-order chi connectivity index (χ0) is 15.7. The molecule has 1 saturated heterocycles. The van der Waals surface area contributed by atoms with Crippen LogP contribution in [0.25, 0.3) is 0 Å². The molecule has 2 aliphatic rings. The molecule has 120 valence electrons. The fraction of sp³-hybridized carbons (Fsp3) is 0.611. The molecule has 4 heteroatoms. The van der Waals surface area contributed by atoms with E-state index in [4.69, 9.17) is 0 Å². The Hall–Kier alpha value is -1.39. The lowest BCUT2D eigenvalue weighted by Gasteiger charge is -2.28. The summed E-state index contributed by atoms with van der Waals surface area (Å²) in [5.74, 6) is 0.468. The SMILES string of the molecule is CCC(=O)N1c2ccc(C(O)C3CCCNC3)cc2CC1C. The second-order valence-electron chi connectivity index (χ2n) is 6.61. The lowest BCUT2D eigenvalue weighted by Crippen LogP contribution is -2.35. The second-order valence-corrected chi connectivity index (χ2v) is 6.61. The van der Waals surface area contributed by atoms with Crippen LogP contribution < -0.4 is 10.2 Å². The molecule has 22 heavy (non-hydrogen) atoms. The molecule has 0 spiro atoms. The first-order valence-electron chi connectivity index (χ1n) is 8.45. The Morgan fingerprint density at radius 1 is 1.50 bits per heavy atom. The second kappa shape index (κ2) is 6.39. The van der Waals surface area contributed by atoms with Crippen molar-refractivity contribution in [3.63, 3.8) is 0 Å². The fourth-order valence-electron chi connectivity index (χ4n) is 3.81. The highest BCUT2D eigenvalue weighted by atomic mass is 16.3. The number of aliphatic hydroxyl groups excluding tert-OH is 1. The number of piperidine rings is 1. The third-order valence-corrected chi connectivity index (χ3v) is 5.01. The number of hydrogen-bond donors (Lipinski definition) is 2. The fourth-order valence-corrected chi connectivity index (χ4v) is 3.81. The minimum Gasteiger partial charge on any atom is -0.388 e. The number of nitrogens with zero attached hydrogens (tertiary/aromatic N) is 1. The van der Waals surface area contributed by atoms with Crippen LogP contribution in [0.5, 0.6) is 0 Å². The van der Waals surface area contributed by atoms with Gasteiger partial charge in [0.25, 0.3) is 0 Å². The molecule has 0 aliphatic carbocycles. The van der Waals surface area contributed by atoms with E-state index in [9.17, 15) is 9.90 Å². The minimum atomic E-state index is -0.413. The van der Waals surface area contributed by atoms with Gasteiger partial charge in [0.1, 0.15) is 0 Å². The van der Waals surface area contributed by atoms with Crippen molar-refractivity contribution < 1.29 is 9.90 Å². The van der Waals surface area contributed by atoms with Crippen LogP contribution in [0.4, 0.5) is 5.69 Å². The Morgan fingerprint density at radius 3 is 3.00 bits per heavy atom. The van der Waals surface area contributed by atoms with Crippen molar-refractivity contribution in [3.05, 3.63) is 29.3 Å². The zero-order valence-electron chi connectivity index (χ0n) is 13.5. The smallest absolute Gasteiger partial charge is 0.226 e. The van der Waals surface area contributed by atoms with Gasteiger partial charge in [0.05, 0.1) is 6.10 Å². The van der Waals surface area contributed by atoms with Gasteiger partial charge in [-0.15, -0.1) is 0 Å². The van der Waals surface area contributed by atoms with Crippen LogP contribution >= 0.6 is 0 Å². The van der Waals surface area contributed by atoms with Gasteiger partial charge >= 0.3 is 0 Å². The third kappa shape index (κ3) is 2.77. The molecule has 2 heterocycles. The maximum absolute atomic E-state index is 12.1. The van der Waals surface area contributed by atoms with Gasteiger partial charge in [-0.3, -0.25) is 4.79 Å². The highest BCUT2D eigenvalue weighted by Gasteiger charge is 2.31. The summed E-state index contributed by atoms with van der Waals surface area (Å²) < 4.78 is 0. The monoisotopic (exact) mass is 302 g/mol. The van der Waals surface area contributed by atoms with Crippen molar-refractivity contribution >= 4 is 11.6 Å².